The molecular weight excluding hydrogens is 204 g/mol. The van der Waals surface area contributed by atoms with E-state index in [9.17, 15) is 0 Å². The molecule has 86 valence electrons. The number of nitrogens with one attached hydrogen (secondary N) is 1. The van der Waals surface area contributed by atoms with Gasteiger partial charge in [0.25, 0.3) is 0 Å². The Kier molecular flexibility index (Phi) is 3.69. The number of anilines is 1. The number of terminal acetylenes is 1. The highest BCUT2D eigenvalue weighted by atomic mass is 16.5. The Bertz CT molecular complexity index is 409. The van der Waals surface area contributed by atoms with Crippen LogP contribution in [0.2, 0.25) is 0 Å². The van der Waals surface area contributed by atoms with Gasteiger partial charge in [-0.1, -0.05) is 12.8 Å². The summed E-state index contributed by atoms with van der Waals surface area (Å²) < 4.78 is 5.63. The molecule has 1 aromatic rings. The molecule has 5 heteroatoms. The van der Waals surface area contributed by atoms with Crippen LogP contribution in [0.1, 0.15) is 26.3 Å². The average molecular weight is 220 g/mol. The highest BCUT2D eigenvalue weighted by molar-refractivity contribution is 5.48. The third-order valence-corrected chi connectivity index (χ3v) is 2.10. The van der Waals surface area contributed by atoms with E-state index in [0.717, 1.165) is 5.56 Å². The summed E-state index contributed by atoms with van der Waals surface area (Å²) in [4.78, 5) is 8.07. The maximum Gasteiger partial charge on any atom is 0.223 e. The zero-order valence-electron chi connectivity index (χ0n) is 9.74. The van der Waals surface area contributed by atoms with Gasteiger partial charge in [-0.3, -0.25) is 0 Å². The number of nitrogens with zero attached hydrogens (tertiary/aromatic N) is 2. The SMILES string of the molecule is C#CC(C)(C)Oc1ncnc(NN)c1CC. The lowest BCUT2D eigenvalue weighted by molar-refractivity contribution is 0.162. The van der Waals surface area contributed by atoms with Crippen LogP contribution in [-0.4, -0.2) is 15.6 Å². The van der Waals surface area contributed by atoms with E-state index >= 15 is 0 Å². The highest BCUT2D eigenvalue weighted by Crippen LogP contribution is 2.24. The summed E-state index contributed by atoms with van der Waals surface area (Å²) in [6.45, 7) is 5.56. The fourth-order valence-corrected chi connectivity index (χ4v) is 1.20. The normalized spacial score (nSPS) is 10.7. The third-order valence-electron chi connectivity index (χ3n) is 2.10. The molecule has 0 aliphatic heterocycles. The van der Waals surface area contributed by atoms with Crippen molar-refractivity contribution in [2.75, 3.05) is 5.43 Å². The Morgan fingerprint density at radius 3 is 2.75 bits per heavy atom. The zero-order valence-corrected chi connectivity index (χ0v) is 9.74. The fraction of sp³-hybridized carbons (Fsp3) is 0.455. The number of rotatable bonds is 4. The molecule has 0 saturated carbocycles. The van der Waals surface area contributed by atoms with Crippen LogP contribution < -0.4 is 16.0 Å². The average Bonchev–Trinajstić information content (AvgIpc) is 2.28. The molecule has 3 N–H and O–H groups in total. The first-order valence-corrected chi connectivity index (χ1v) is 5.01. The minimum Gasteiger partial charge on any atom is -0.458 e. The van der Waals surface area contributed by atoms with Crippen molar-refractivity contribution >= 4 is 5.82 Å². The van der Waals surface area contributed by atoms with Crippen LogP contribution in [0.15, 0.2) is 6.33 Å². The molecule has 0 atom stereocenters. The molecule has 1 aromatic heterocycles. The summed E-state index contributed by atoms with van der Waals surface area (Å²) in [5.74, 6) is 8.92. The minimum atomic E-state index is -0.704. The van der Waals surface area contributed by atoms with Crippen LogP contribution in [0.25, 0.3) is 0 Å². The van der Waals surface area contributed by atoms with E-state index in [1.807, 2.05) is 6.92 Å². The number of nitrogens with two attached hydrogens (primary N) is 1. The van der Waals surface area contributed by atoms with E-state index in [1.54, 1.807) is 13.8 Å². The van der Waals surface area contributed by atoms with Gasteiger partial charge >= 0.3 is 0 Å². The van der Waals surface area contributed by atoms with E-state index in [2.05, 4.69) is 21.3 Å². The second kappa shape index (κ2) is 4.81. The predicted octanol–water partition coefficient (Wildman–Crippen LogP) is 1.12. The van der Waals surface area contributed by atoms with Crippen molar-refractivity contribution in [2.24, 2.45) is 5.84 Å². The van der Waals surface area contributed by atoms with Crippen LogP contribution in [0, 0.1) is 12.3 Å². The van der Waals surface area contributed by atoms with Crippen molar-refractivity contribution in [3.63, 3.8) is 0 Å². The third kappa shape index (κ3) is 2.61. The summed E-state index contributed by atoms with van der Waals surface area (Å²) in [5.41, 5.74) is 2.62. The number of aromatic nitrogens is 2. The summed E-state index contributed by atoms with van der Waals surface area (Å²) in [5, 5.41) is 0. The van der Waals surface area contributed by atoms with E-state index in [4.69, 9.17) is 17.0 Å². The quantitative estimate of drug-likeness (QED) is 0.452. The topological polar surface area (TPSA) is 73.1 Å². The van der Waals surface area contributed by atoms with Crippen LogP contribution in [0.3, 0.4) is 0 Å². The molecular formula is C11H16N4O. The van der Waals surface area contributed by atoms with Crippen molar-refractivity contribution in [3.8, 4) is 18.2 Å². The van der Waals surface area contributed by atoms with Crippen molar-refractivity contribution in [3.05, 3.63) is 11.9 Å². The van der Waals surface area contributed by atoms with Gasteiger partial charge in [0.05, 0.1) is 5.56 Å². The first-order valence-electron chi connectivity index (χ1n) is 5.01. The molecule has 0 radical (unpaired) electrons. The highest BCUT2D eigenvalue weighted by Gasteiger charge is 2.20. The predicted molar refractivity (Wildman–Crippen MR) is 62.8 cm³/mol. The van der Waals surface area contributed by atoms with Gasteiger partial charge in [-0.2, -0.15) is 0 Å². The Balaban J connectivity index is 3.10. The lowest BCUT2D eigenvalue weighted by Gasteiger charge is -2.21. The van der Waals surface area contributed by atoms with Gasteiger partial charge < -0.3 is 10.2 Å². The van der Waals surface area contributed by atoms with Crippen LogP contribution in [-0.2, 0) is 6.42 Å². The van der Waals surface area contributed by atoms with Gasteiger partial charge in [0, 0.05) is 0 Å². The lowest BCUT2D eigenvalue weighted by Crippen LogP contribution is -2.27. The van der Waals surface area contributed by atoms with Gasteiger partial charge in [-0.05, 0) is 20.3 Å². The number of hydrogen-bond acceptors (Lipinski definition) is 5. The van der Waals surface area contributed by atoms with Gasteiger partial charge in [0.2, 0.25) is 5.88 Å². The summed E-state index contributed by atoms with van der Waals surface area (Å²) in [6, 6.07) is 0. The Morgan fingerprint density at radius 2 is 2.25 bits per heavy atom. The molecule has 1 heterocycles. The number of hydrogen-bond donors (Lipinski definition) is 2. The largest absolute Gasteiger partial charge is 0.458 e. The zero-order chi connectivity index (χ0) is 12.2. The molecule has 0 saturated heterocycles. The summed E-state index contributed by atoms with van der Waals surface area (Å²) in [6.07, 6.45) is 7.45. The van der Waals surface area contributed by atoms with Crippen LogP contribution in [0.4, 0.5) is 5.82 Å². The van der Waals surface area contributed by atoms with Crippen molar-refractivity contribution in [1.82, 2.24) is 9.97 Å². The number of ether oxygens (including phenoxy) is 1. The van der Waals surface area contributed by atoms with Gasteiger partial charge in [0.15, 0.2) is 5.60 Å². The smallest absolute Gasteiger partial charge is 0.223 e. The standard InChI is InChI=1S/C11H16N4O/c1-5-8-9(15-12)13-7-14-10(8)16-11(3,4)6-2/h2,7H,5,12H2,1,3-4H3,(H,13,14,15). The molecule has 0 aliphatic rings. The first kappa shape index (κ1) is 12.3. The minimum absolute atomic E-state index is 0.466. The maximum absolute atomic E-state index is 5.63. The van der Waals surface area contributed by atoms with Crippen LogP contribution in [0.5, 0.6) is 5.88 Å². The van der Waals surface area contributed by atoms with Crippen LogP contribution >= 0.6 is 0 Å². The van der Waals surface area contributed by atoms with E-state index in [1.165, 1.54) is 6.33 Å². The molecule has 0 fully saturated rings. The summed E-state index contributed by atoms with van der Waals surface area (Å²) in [7, 11) is 0. The number of nitrogen functional groups attached to an aromatic ring is 1. The monoisotopic (exact) mass is 220 g/mol. The Labute approximate surface area is 95.4 Å². The Hall–Kier alpha value is -1.80. The van der Waals surface area contributed by atoms with E-state index in [-0.39, 0.29) is 0 Å². The molecule has 0 aromatic carbocycles. The van der Waals surface area contributed by atoms with Gasteiger partial charge in [-0.25, -0.2) is 15.8 Å². The fourth-order valence-electron chi connectivity index (χ4n) is 1.20. The van der Waals surface area contributed by atoms with Crippen molar-refractivity contribution in [1.29, 1.82) is 0 Å². The molecule has 16 heavy (non-hydrogen) atoms. The van der Waals surface area contributed by atoms with E-state index < -0.39 is 5.60 Å². The molecule has 0 amide bonds. The number of hydrazine groups is 1. The molecule has 0 aliphatic carbocycles. The van der Waals surface area contributed by atoms with E-state index in [0.29, 0.717) is 18.1 Å². The molecule has 0 spiro atoms. The summed E-state index contributed by atoms with van der Waals surface area (Å²) >= 11 is 0. The maximum atomic E-state index is 5.63. The Morgan fingerprint density at radius 1 is 1.56 bits per heavy atom. The second-order valence-electron chi connectivity index (χ2n) is 3.76. The molecule has 1 rings (SSSR count). The first-order chi connectivity index (χ1) is 7.54. The van der Waals surface area contributed by atoms with Gasteiger partial charge in [-0.15, -0.1) is 6.42 Å². The lowest BCUT2D eigenvalue weighted by atomic mass is 10.1. The molecule has 5 nitrogen and oxygen atoms in total. The van der Waals surface area contributed by atoms with Crippen molar-refractivity contribution in [2.45, 2.75) is 32.8 Å². The molecule has 0 bridgehead atoms. The second-order valence-corrected chi connectivity index (χ2v) is 3.76. The molecule has 0 unspecified atom stereocenters. The van der Waals surface area contributed by atoms with Gasteiger partial charge in [0.1, 0.15) is 12.1 Å². The van der Waals surface area contributed by atoms with Crippen molar-refractivity contribution < 1.29 is 4.74 Å².